The van der Waals surface area contributed by atoms with Gasteiger partial charge in [-0.05, 0) is 24.1 Å². The number of hydrogen-bond donors (Lipinski definition) is 1. The van der Waals surface area contributed by atoms with Crippen molar-refractivity contribution >= 4 is 17.0 Å². The van der Waals surface area contributed by atoms with Gasteiger partial charge >= 0.3 is 6.03 Å². The van der Waals surface area contributed by atoms with Crippen LogP contribution in [0.25, 0.3) is 11.0 Å². The molecule has 2 amide bonds. The van der Waals surface area contributed by atoms with Crippen LogP contribution in [0.2, 0.25) is 0 Å². The van der Waals surface area contributed by atoms with E-state index in [9.17, 15) is 4.79 Å². The van der Waals surface area contributed by atoms with Crippen LogP contribution < -0.4 is 5.32 Å². The molecule has 2 aromatic heterocycles. The minimum Gasteiger partial charge on any atom is -0.459 e. The van der Waals surface area contributed by atoms with Crippen LogP contribution in [0.15, 0.2) is 53.2 Å². The normalized spacial score (nSPS) is 12.2. The molecule has 0 saturated heterocycles. The molecule has 0 aliphatic heterocycles. The van der Waals surface area contributed by atoms with E-state index in [0.717, 1.165) is 23.3 Å². The van der Waals surface area contributed by atoms with Crippen molar-refractivity contribution in [1.29, 1.82) is 0 Å². The van der Waals surface area contributed by atoms with E-state index in [-0.39, 0.29) is 6.03 Å². The van der Waals surface area contributed by atoms with Crippen molar-refractivity contribution in [2.75, 3.05) is 13.6 Å². The molecule has 0 bridgehead atoms. The van der Waals surface area contributed by atoms with Gasteiger partial charge in [-0.1, -0.05) is 25.1 Å². The molecule has 0 unspecified atom stereocenters. The van der Waals surface area contributed by atoms with Crippen molar-refractivity contribution in [2.24, 2.45) is 5.92 Å². The quantitative estimate of drug-likeness (QED) is 0.757. The van der Waals surface area contributed by atoms with Gasteiger partial charge in [-0.2, -0.15) is 5.10 Å². The second-order valence-electron chi connectivity index (χ2n) is 6.13. The van der Waals surface area contributed by atoms with Crippen LogP contribution in [0.4, 0.5) is 4.79 Å². The number of fused-ring (bicyclic) bond motifs is 1. The summed E-state index contributed by atoms with van der Waals surface area (Å²) >= 11 is 0. The van der Waals surface area contributed by atoms with Gasteiger partial charge in [-0.3, -0.25) is 4.68 Å². The molecule has 126 valence electrons. The minimum absolute atomic E-state index is 0.109. The molecule has 1 aromatic carbocycles. The number of para-hydroxylation sites is 1. The molecule has 2 heterocycles. The Labute approximate surface area is 141 Å². The lowest BCUT2D eigenvalue weighted by Crippen LogP contribution is -2.39. The maximum absolute atomic E-state index is 12.2. The first-order chi connectivity index (χ1) is 11.6. The number of urea groups is 1. The summed E-state index contributed by atoms with van der Waals surface area (Å²) in [5, 5.41) is 8.18. The molecule has 0 saturated carbocycles. The van der Waals surface area contributed by atoms with Crippen LogP contribution in [0.3, 0.4) is 0 Å². The van der Waals surface area contributed by atoms with Gasteiger partial charge in [0.15, 0.2) is 0 Å². The van der Waals surface area contributed by atoms with Crippen LogP contribution in [0.5, 0.6) is 0 Å². The number of furan rings is 1. The zero-order valence-electron chi connectivity index (χ0n) is 14.0. The zero-order valence-corrected chi connectivity index (χ0v) is 14.0. The van der Waals surface area contributed by atoms with Gasteiger partial charge in [0, 0.05) is 37.9 Å². The Balaban J connectivity index is 1.49. The van der Waals surface area contributed by atoms with Crippen molar-refractivity contribution < 1.29 is 9.21 Å². The van der Waals surface area contributed by atoms with E-state index in [4.69, 9.17) is 4.42 Å². The van der Waals surface area contributed by atoms with Crippen molar-refractivity contribution in [1.82, 2.24) is 20.0 Å². The largest absolute Gasteiger partial charge is 0.459 e. The molecule has 6 heteroatoms. The van der Waals surface area contributed by atoms with Gasteiger partial charge in [-0.15, -0.1) is 0 Å². The average Bonchev–Trinajstić information content (AvgIpc) is 3.21. The highest BCUT2D eigenvalue weighted by Crippen LogP contribution is 2.19. The smallest absolute Gasteiger partial charge is 0.317 e. The Morgan fingerprint density at radius 1 is 1.38 bits per heavy atom. The lowest BCUT2D eigenvalue weighted by atomic mass is 10.2. The number of nitrogens with zero attached hydrogens (tertiary/aromatic N) is 3. The summed E-state index contributed by atoms with van der Waals surface area (Å²) in [6.45, 7) is 3.90. The topological polar surface area (TPSA) is 63.3 Å². The number of rotatable bonds is 6. The van der Waals surface area contributed by atoms with E-state index in [0.29, 0.717) is 19.0 Å². The maximum atomic E-state index is 12.2. The minimum atomic E-state index is -0.109. The molecule has 6 nitrogen and oxygen atoms in total. The predicted molar refractivity (Wildman–Crippen MR) is 92.5 cm³/mol. The Hall–Kier alpha value is -2.76. The SMILES string of the molecule is C[C@@H](CNC(=O)N(C)Cc1cc2ccccc2o1)Cn1cccn1. The van der Waals surface area contributed by atoms with Gasteiger partial charge in [0.05, 0.1) is 6.54 Å². The monoisotopic (exact) mass is 326 g/mol. The van der Waals surface area contributed by atoms with Crippen LogP contribution in [0.1, 0.15) is 12.7 Å². The molecule has 1 N–H and O–H groups in total. The summed E-state index contributed by atoms with van der Waals surface area (Å²) in [6, 6.07) is 11.6. The van der Waals surface area contributed by atoms with E-state index < -0.39 is 0 Å². The van der Waals surface area contributed by atoms with Crippen LogP contribution in [0, 0.1) is 5.92 Å². The summed E-state index contributed by atoms with van der Waals surface area (Å²) in [6.07, 6.45) is 3.68. The zero-order chi connectivity index (χ0) is 16.9. The molecule has 1 atom stereocenters. The Kier molecular flexibility index (Phi) is 4.84. The average molecular weight is 326 g/mol. The van der Waals surface area contributed by atoms with Gasteiger partial charge in [0.1, 0.15) is 11.3 Å². The van der Waals surface area contributed by atoms with Crippen LogP contribution in [-0.4, -0.2) is 34.3 Å². The number of hydrogen-bond acceptors (Lipinski definition) is 3. The predicted octanol–water partition coefficient (Wildman–Crippen LogP) is 3.11. The Morgan fingerprint density at radius 3 is 2.96 bits per heavy atom. The molecule has 3 rings (SSSR count). The lowest BCUT2D eigenvalue weighted by Gasteiger charge is -2.19. The summed E-state index contributed by atoms with van der Waals surface area (Å²) in [7, 11) is 1.76. The number of benzene rings is 1. The van der Waals surface area contributed by atoms with Gasteiger partial charge in [0.2, 0.25) is 0 Å². The number of aromatic nitrogens is 2. The van der Waals surface area contributed by atoms with E-state index in [1.165, 1.54) is 0 Å². The third kappa shape index (κ3) is 3.95. The van der Waals surface area contributed by atoms with Gasteiger partial charge < -0.3 is 14.6 Å². The summed E-state index contributed by atoms with van der Waals surface area (Å²) < 4.78 is 7.62. The molecular formula is C18H22N4O2. The highest BCUT2D eigenvalue weighted by Gasteiger charge is 2.13. The number of carbonyl (C=O) groups is 1. The highest BCUT2D eigenvalue weighted by molar-refractivity contribution is 5.78. The first-order valence-corrected chi connectivity index (χ1v) is 8.05. The van der Waals surface area contributed by atoms with E-state index in [2.05, 4.69) is 17.3 Å². The number of amides is 2. The fourth-order valence-corrected chi connectivity index (χ4v) is 2.61. The second-order valence-corrected chi connectivity index (χ2v) is 6.13. The van der Waals surface area contributed by atoms with Crippen molar-refractivity contribution in [2.45, 2.75) is 20.0 Å². The van der Waals surface area contributed by atoms with Gasteiger partial charge in [0.25, 0.3) is 0 Å². The molecule has 24 heavy (non-hydrogen) atoms. The van der Waals surface area contributed by atoms with Crippen molar-refractivity contribution in [3.8, 4) is 0 Å². The fourth-order valence-electron chi connectivity index (χ4n) is 2.61. The molecule has 0 spiro atoms. The first-order valence-electron chi connectivity index (χ1n) is 8.05. The third-order valence-corrected chi connectivity index (χ3v) is 3.88. The second kappa shape index (κ2) is 7.21. The number of carbonyl (C=O) groups excluding carboxylic acids is 1. The van der Waals surface area contributed by atoms with Crippen molar-refractivity contribution in [3.05, 3.63) is 54.6 Å². The Morgan fingerprint density at radius 2 is 2.21 bits per heavy atom. The third-order valence-electron chi connectivity index (χ3n) is 3.88. The van der Waals surface area contributed by atoms with Crippen LogP contribution in [-0.2, 0) is 13.1 Å². The van der Waals surface area contributed by atoms with E-state index in [1.807, 2.05) is 47.3 Å². The lowest BCUT2D eigenvalue weighted by molar-refractivity contribution is 0.201. The van der Waals surface area contributed by atoms with E-state index in [1.54, 1.807) is 18.1 Å². The Bertz CT molecular complexity index is 761. The standard InChI is InChI=1S/C18H22N4O2/c1-14(12-22-9-5-8-20-22)11-19-18(23)21(2)13-16-10-15-6-3-4-7-17(15)24-16/h3-10,14H,11-13H2,1-2H3,(H,19,23)/t14-/m0/s1. The molecule has 0 fully saturated rings. The summed E-state index contributed by atoms with van der Waals surface area (Å²) in [4.78, 5) is 13.8. The highest BCUT2D eigenvalue weighted by atomic mass is 16.3. The van der Waals surface area contributed by atoms with Gasteiger partial charge in [-0.25, -0.2) is 4.79 Å². The summed E-state index contributed by atoms with van der Waals surface area (Å²) in [5.41, 5.74) is 0.842. The maximum Gasteiger partial charge on any atom is 0.317 e. The van der Waals surface area contributed by atoms with E-state index >= 15 is 0 Å². The molecule has 0 aliphatic carbocycles. The first kappa shape index (κ1) is 16.1. The van der Waals surface area contributed by atoms with Crippen molar-refractivity contribution in [3.63, 3.8) is 0 Å². The molecule has 0 aliphatic rings. The molecule has 3 aromatic rings. The van der Waals surface area contributed by atoms with Crippen LogP contribution >= 0.6 is 0 Å². The number of nitrogens with one attached hydrogen (secondary N) is 1. The fraction of sp³-hybridized carbons (Fsp3) is 0.333. The molecule has 0 radical (unpaired) electrons. The summed E-state index contributed by atoms with van der Waals surface area (Å²) in [5.74, 6) is 1.08. The molecular weight excluding hydrogens is 304 g/mol.